The minimum Gasteiger partial charge on any atom is -0.391 e. The van der Waals surface area contributed by atoms with Crippen LogP contribution in [-0.2, 0) is 16.4 Å². The SMILES string of the molecule is CS(=O)(=O)CCC(O)Cn1cnc2ccccc21. The molecule has 2 rings (SSSR count). The zero-order valence-electron chi connectivity index (χ0n) is 10.2. The first-order chi connectivity index (χ1) is 8.46. The maximum atomic E-state index is 11.0. The van der Waals surface area contributed by atoms with Gasteiger partial charge in [0, 0.05) is 6.26 Å². The fourth-order valence-corrected chi connectivity index (χ4v) is 2.52. The summed E-state index contributed by atoms with van der Waals surface area (Å²) >= 11 is 0. The van der Waals surface area contributed by atoms with E-state index in [0.717, 1.165) is 11.0 Å². The summed E-state index contributed by atoms with van der Waals surface area (Å²) in [6.07, 6.45) is 2.39. The number of aliphatic hydroxyl groups is 1. The molecule has 0 bridgehead atoms. The van der Waals surface area contributed by atoms with Crippen LogP contribution in [0.5, 0.6) is 0 Å². The van der Waals surface area contributed by atoms with Gasteiger partial charge in [0.1, 0.15) is 9.84 Å². The minimum absolute atomic E-state index is 0.000790. The van der Waals surface area contributed by atoms with E-state index in [4.69, 9.17) is 0 Å². The van der Waals surface area contributed by atoms with Gasteiger partial charge < -0.3 is 9.67 Å². The van der Waals surface area contributed by atoms with Gasteiger partial charge in [-0.3, -0.25) is 0 Å². The molecule has 0 aliphatic heterocycles. The van der Waals surface area contributed by atoms with Crippen LogP contribution in [-0.4, -0.2) is 41.2 Å². The van der Waals surface area contributed by atoms with Gasteiger partial charge in [-0.15, -0.1) is 0 Å². The van der Waals surface area contributed by atoms with Crippen molar-refractivity contribution in [3.63, 3.8) is 0 Å². The Morgan fingerprint density at radius 1 is 1.39 bits per heavy atom. The minimum atomic E-state index is -3.03. The van der Waals surface area contributed by atoms with Gasteiger partial charge in [0.25, 0.3) is 0 Å². The van der Waals surface area contributed by atoms with Gasteiger partial charge in [-0.2, -0.15) is 0 Å². The third-order valence-electron chi connectivity index (χ3n) is 2.76. The molecule has 1 atom stereocenters. The lowest BCUT2D eigenvalue weighted by atomic mass is 10.2. The van der Waals surface area contributed by atoms with E-state index in [1.807, 2.05) is 28.8 Å². The second-order valence-electron chi connectivity index (χ2n) is 4.46. The topological polar surface area (TPSA) is 72.2 Å². The molecule has 0 aliphatic rings. The maximum Gasteiger partial charge on any atom is 0.147 e. The highest BCUT2D eigenvalue weighted by atomic mass is 32.2. The Balaban J connectivity index is 2.05. The molecule has 1 unspecified atom stereocenters. The van der Waals surface area contributed by atoms with Gasteiger partial charge in [-0.05, 0) is 18.6 Å². The molecule has 6 heteroatoms. The number of hydrogen-bond acceptors (Lipinski definition) is 4. The van der Waals surface area contributed by atoms with E-state index in [0.29, 0.717) is 6.54 Å². The highest BCUT2D eigenvalue weighted by Crippen LogP contribution is 2.13. The van der Waals surface area contributed by atoms with Crippen molar-refractivity contribution in [3.8, 4) is 0 Å². The van der Waals surface area contributed by atoms with Crippen molar-refractivity contribution in [2.24, 2.45) is 0 Å². The van der Waals surface area contributed by atoms with Gasteiger partial charge in [0.15, 0.2) is 0 Å². The number of aromatic nitrogens is 2. The highest BCUT2D eigenvalue weighted by molar-refractivity contribution is 7.90. The van der Waals surface area contributed by atoms with Crippen molar-refractivity contribution in [1.82, 2.24) is 9.55 Å². The molecule has 0 aliphatic carbocycles. The van der Waals surface area contributed by atoms with Gasteiger partial charge in [-0.1, -0.05) is 12.1 Å². The van der Waals surface area contributed by atoms with Crippen molar-refractivity contribution in [1.29, 1.82) is 0 Å². The number of aliphatic hydroxyl groups excluding tert-OH is 1. The second kappa shape index (κ2) is 5.07. The molecule has 0 radical (unpaired) electrons. The molecular formula is C12H16N2O3S. The van der Waals surface area contributed by atoms with E-state index in [9.17, 15) is 13.5 Å². The predicted molar refractivity (Wildman–Crippen MR) is 70.1 cm³/mol. The Bertz CT molecular complexity index is 634. The number of para-hydroxylation sites is 2. The van der Waals surface area contributed by atoms with Gasteiger partial charge in [-0.25, -0.2) is 13.4 Å². The van der Waals surface area contributed by atoms with Crippen LogP contribution in [0.2, 0.25) is 0 Å². The highest BCUT2D eigenvalue weighted by Gasteiger charge is 2.11. The number of imidazole rings is 1. The number of fused-ring (bicyclic) bond motifs is 1. The largest absolute Gasteiger partial charge is 0.391 e. The summed E-state index contributed by atoms with van der Waals surface area (Å²) in [7, 11) is -3.03. The zero-order valence-corrected chi connectivity index (χ0v) is 11.0. The van der Waals surface area contributed by atoms with E-state index >= 15 is 0 Å². The summed E-state index contributed by atoms with van der Waals surface area (Å²) in [4.78, 5) is 4.21. The number of rotatable bonds is 5. The average molecular weight is 268 g/mol. The lowest BCUT2D eigenvalue weighted by Gasteiger charge is -2.11. The molecule has 0 saturated carbocycles. The van der Waals surface area contributed by atoms with Crippen molar-refractivity contribution in [3.05, 3.63) is 30.6 Å². The van der Waals surface area contributed by atoms with Crippen LogP contribution in [0.4, 0.5) is 0 Å². The Morgan fingerprint density at radius 3 is 2.83 bits per heavy atom. The molecular weight excluding hydrogens is 252 g/mol. The molecule has 0 fully saturated rings. The van der Waals surface area contributed by atoms with Crippen LogP contribution in [0.25, 0.3) is 11.0 Å². The van der Waals surface area contributed by atoms with Crippen LogP contribution >= 0.6 is 0 Å². The molecule has 0 saturated heterocycles. The fraction of sp³-hybridized carbons (Fsp3) is 0.417. The van der Waals surface area contributed by atoms with Crippen molar-refractivity contribution >= 4 is 20.9 Å². The number of nitrogens with zero attached hydrogens (tertiary/aromatic N) is 2. The molecule has 98 valence electrons. The van der Waals surface area contributed by atoms with Crippen LogP contribution in [0.1, 0.15) is 6.42 Å². The third kappa shape index (κ3) is 3.30. The summed E-state index contributed by atoms with van der Waals surface area (Å²) in [5.41, 5.74) is 1.81. The van der Waals surface area contributed by atoms with Crippen molar-refractivity contribution in [2.45, 2.75) is 19.1 Å². The molecule has 1 aromatic heterocycles. The molecule has 2 aromatic rings. The molecule has 0 amide bonds. The summed E-state index contributed by atoms with van der Waals surface area (Å²) in [6.45, 7) is 0.357. The van der Waals surface area contributed by atoms with Crippen molar-refractivity contribution in [2.75, 3.05) is 12.0 Å². The standard InChI is InChI=1S/C12H16N2O3S/c1-18(16,17)7-6-10(15)8-14-9-13-11-4-2-3-5-12(11)14/h2-5,9-10,15H,6-8H2,1H3. The molecule has 5 nitrogen and oxygen atoms in total. The Labute approximate surface area is 106 Å². The summed E-state index contributed by atoms with van der Waals surface area (Å²) in [6, 6.07) is 7.63. The summed E-state index contributed by atoms with van der Waals surface area (Å²) in [5, 5.41) is 9.83. The van der Waals surface area contributed by atoms with Gasteiger partial charge >= 0.3 is 0 Å². The van der Waals surface area contributed by atoms with Crippen LogP contribution in [0, 0.1) is 0 Å². The molecule has 1 N–H and O–H groups in total. The van der Waals surface area contributed by atoms with E-state index in [2.05, 4.69) is 4.98 Å². The number of sulfone groups is 1. The third-order valence-corrected chi connectivity index (χ3v) is 3.73. The predicted octanol–water partition coefficient (Wildman–Crippen LogP) is 0.832. The Hall–Kier alpha value is -1.40. The summed E-state index contributed by atoms with van der Waals surface area (Å²) < 4.78 is 23.9. The van der Waals surface area contributed by atoms with Gasteiger partial charge in [0.05, 0.1) is 35.8 Å². The molecule has 18 heavy (non-hydrogen) atoms. The second-order valence-corrected chi connectivity index (χ2v) is 6.72. The number of benzene rings is 1. The van der Waals surface area contributed by atoms with E-state index in [-0.39, 0.29) is 12.2 Å². The Kier molecular flexibility index (Phi) is 3.68. The van der Waals surface area contributed by atoms with E-state index in [1.165, 1.54) is 6.26 Å². The monoisotopic (exact) mass is 268 g/mol. The first kappa shape index (κ1) is 13.0. The first-order valence-corrected chi connectivity index (χ1v) is 7.77. The van der Waals surface area contributed by atoms with Crippen LogP contribution in [0.15, 0.2) is 30.6 Å². The quantitative estimate of drug-likeness (QED) is 0.872. The van der Waals surface area contributed by atoms with Crippen LogP contribution < -0.4 is 0 Å². The van der Waals surface area contributed by atoms with Crippen LogP contribution in [0.3, 0.4) is 0 Å². The normalized spacial score (nSPS) is 13.9. The fourth-order valence-electron chi connectivity index (χ4n) is 1.82. The Morgan fingerprint density at radius 2 is 2.11 bits per heavy atom. The number of hydrogen-bond donors (Lipinski definition) is 1. The zero-order chi connectivity index (χ0) is 13.2. The molecule has 1 heterocycles. The van der Waals surface area contributed by atoms with Gasteiger partial charge in [0.2, 0.25) is 0 Å². The smallest absolute Gasteiger partial charge is 0.147 e. The lowest BCUT2D eigenvalue weighted by molar-refractivity contribution is 0.152. The van der Waals surface area contributed by atoms with E-state index < -0.39 is 15.9 Å². The lowest BCUT2D eigenvalue weighted by Crippen LogP contribution is -2.19. The molecule has 1 aromatic carbocycles. The molecule has 0 spiro atoms. The maximum absolute atomic E-state index is 11.0. The van der Waals surface area contributed by atoms with E-state index in [1.54, 1.807) is 6.33 Å². The summed E-state index contributed by atoms with van der Waals surface area (Å²) in [5.74, 6) is 0.000790. The average Bonchev–Trinajstić information content (AvgIpc) is 2.70. The van der Waals surface area contributed by atoms with Crippen molar-refractivity contribution < 1.29 is 13.5 Å². The first-order valence-electron chi connectivity index (χ1n) is 5.71.